The molecule has 2 saturated heterocycles. The third kappa shape index (κ3) is 9.32. The first-order valence-corrected chi connectivity index (χ1v) is 15.1. The molecule has 0 saturated carbocycles. The number of ether oxygens (including phenoxy) is 1. The standard InChI is InChI=1S/C33H48FN3O2/c1-26(2)25-39-32-14-10-28(11-15-32)23-33(38)37(24-29-8-12-30(34)13-9-29)31-16-21-35(22-17-31)18-6-20-36-19-5-4-7-27(36)3/h8-15,26-27,31H,4-7,16-25H2,1-3H3. The number of piperidine rings is 2. The van der Waals surface area contributed by atoms with Gasteiger partial charge in [-0.15, -0.1) is 0 Å². The van der Waals surface area contributed by atoms with Crippen LogP contribution in [0.5, 0.6) is 5.75 Å². The van der Waals surface area contributed by atoms with E-state index in [2.05, 4.69) is 30.6 Å². The molecule has 1 atom stereocenters. The molecule has 0 N–H and O–H groups in total. The van der Waals surface area contributed by atoms with Crippen LogP contribution in [0, 0.1) is 11.7 Å². The molecule has 2 aromatic carbocycles. The van der Waals surface area contributed by atoms with Crippen LogP contribution in [-0.4, -0.2) is 72.0 Å². The van der Waals surface area contributed by atoms with Crippen LogP contribution in [0.25, 0.3) is 0 Å². The monoisotopic (exact) mass is 537 g/mol. The van der Waals surface area contributed by atoms with Gasteiger partial charge in [-0.2, -0.15) is 0 Å². The van der Waals surface area contributed by atoms with Crippen molar-refractivity contribution in [2.75, 3.05) is 39.3 Å². The zero-order chi connectivity index (χ0) is 27.6. The molecule has 0 aromatic heterocycles. The number of hydrogen-bond donors (Lipinski definition) is 0. The molecular weight excluding hydrogens is 489 g/mol. The maximum Gasteiger partial charge on any atom is 0.227 e. The van der Waals surface area contributed by atoms with Gasteiger partial charge in [0.05, 0.1) is 13.0 Å². The van der Waals surface area contributed by atoms with Gasteiger partial charge in [0.15, 0.2) is 0 Å². The van der Waals surface area contributed by atoms with Crippen LogP contribution in [0.1, 0.15) is 70.4 Å². The number of carbonyl (C=O) groups excluding carboxylic acids is 1. The van der Waals surface area contributed by atoms with E-state index in [0.717, 1.165) is 55.4 Å². The largest absolute Gasteiger partial charge is 0.493 e. The zero-order valence-corrected chi connectivity index (χ0v) is 24.3. The van der Waals surface area contributed by atoms with E-state index in [1.165, 1.54) is 50.9 Å². The van der Waals surface area contributed by atoms with Crippen molar-refractivity contribution in [2.24, 2.45) is 5.92 Å². The summed E-state index contributed by atoms with van der Waals surface area (Å²) in [6, 6.07) is 15.4. The molecule has 2 heterocycles. The average molecular weight is 538 g/mol. The summed E-state index contributed by atoms with van der Waals surface area (Å²) < 4.78 is 19.3. The second kappa shape index (κ2) is 14.8. The van der Waals surface area contributed by atoms with Gasteiger partial charge >= 0.3 is 0 Å². The molecule has 0 bridgehead atoms. The van der Waals surface area contributed by atoms with Crippen LogP contribution in [-0.2, 0) is 17.8 Å². The van der Waals surface area contributed by atoms with Crippen LogP contribution >= 0.6 is 0 Å². The van der Waals surface area contributed by atoms with E-state index in [-0.39, 0.29) is 17.8 Å². The summed E-state index contributed by atoms with van der Waals surface area (Å²) in [7, 11) is 0. The van der Waals surface area contributed by atoms with E-state index in [9.17, 15) is 9.18 Å². The molecule has 0 spiro atoms. The minimum atomic E-state index is -0.247. The Balaban J connectivity index is 1.32. The van der Waals surface area contributed by atoms with Gasteiger partial charge in [-0.1, -0.05) is 44.5 Å². The Morgan fingerprint density at radius 1 is 0.949 bits per heavy atom. The Morgan fingerprint density at radius 3 is 2.31 bits per heavy atom. The third-order valence-corrected chi connectivity index (χ3v) is 8.31. The maximum atomic E-state index is 13.6. The molecule has 2 aromatic rings. The summed E-state index contributed by atoms with van der Waals surface area (Å²) in [6.45, 7) is 13.4. The normalized spacial score (nSPS) is 19.4. The van der Waals surface area contributed by atoms with Crippen LogP contribution in [0.4, 0.5) is 4.39 Å². The van der Waals surface area contributed by atoms with Gasteiger partial charge in [0.25, 0.3) is 0 Å². The minimum absolute atomic E-state index is 0.132. The SMILES string of the molecule is CC(C)COc1ccc(CC(=O)N(Cc2ccc(F)cc2)C2CCN(CCCN3CCCCC3C)CC2)cc1. The lowest BCUT2D eigenvalue weighted by Gasteiger charge is -2.39. The average Bonchev–Trinajstić information content (AvgIpc) is 2.94. The predicted molar refractivity (Wildman–Crippen MR) is 156 cm³/mol. The molecule has 39 heavy (non-hydrogen) atoms. The molecule has 5 nitrogen and oxygen atoms in total. The van der Waals surface area contributed by atoms with E-state index in [0.29, 0.717) is 25.5 Å². The van der Waals surface area contributed by atoms with Gasteiger partial charge < -0.3 is 19.4 Å². The number of rotatable bonds is 12. The summed E-state index contributed by atoms with van der Waals surface area (Å²) in [5.41, 5.74) is 1.96. The molecule has 4 rings (SSSR count). The van der Waals surface area contributed by atoms with Crippen LogP contribution in [0.2, 0.25) is 0 Å². The third-order valence-electron chi connectivity index (χ3n) is 8.31. The Bertz CT molecular complexity index is 1000. The van der Waals surface area contributed by atoms with Crippen molar-refractivity contribution in [3.63, 3.8) is 0 Å². The van der Waals surface area contributed by atoms with Crippen LogP contribution in [0.3, 0.4) is 0 Å². The van der Waals surface area contributed by atoms with E-state index >= 15 is 0 Å². The molecule has 214 valence electrons. The summed E-state index contributed by atoms with van der Waals surface area (Å²) in [5.74, 6) is 1.19. The molecule has 2 aliphatic rings. The van der Waals surface area contributed by atoms with Crippen LogP contribution < -0.4 is 4.74 Å². The smallest absolute Gasteiger partial charge is 0.227 e. The van der Waals surface area contributed by atoms with Crippen molar-refractivity contribution in [3.05, 3.63) is 65.5 Å². The molecule has 1 amide bonds. The minimum Gasteiger partial charge on any atom is -0.493 e. The summed E-state index contributed by atoms with van der Waals surface area (Å²) in [4.78, 5) is 20.9. The Labute approximate surface area is 235 Å². The topological polar surface area (TPSA) is 36.0 Å². The van der Waals surface area contributed by atoms with Crippen molar-refractivity contribution in [1.82, 2.24) is 14.7 Å². The van der Waals surface area contributed by atoms with Gasteiger partial charge in [-0.05, 0) is 100.0 Å². The first kappa shape index (κ1) is 29.5. The predicted octanol–water partition coefficient (Wildman–Crippen LogP) is 6.16. The Hall–Kier alpha value is -2.44. The van der Waals surface area contributed by atoms with E-state index in [4.69, 9.17) is 4.74 Å². The van der Waals surface area contributed by atoms with E-state index in [1.54, 1.807) is 12.1 Å². The van der Waals surface area contributed by atoms with Crippen molar-refractivity contribution >= 4 is 5.91 Å². The number of amides is 1. The second-order valence-corrected chi connectivity index (χ2v) is 12.0. The molecule has 1 unspecified atom stereocenters. The van der Waals surface area contributed by atoms with Crippen molar-refractivity contribution in [1.29, 1.82) is 0 Å². The fraction of sp³-hybridized carbons (Fsp3) is 0.606. The van der Waals surface area contributed by atoms with E-state index < -0.39 is 0 Å². The van der Waals surface area contributed by atoms with Crippen molar-refractivity contribution in [2.45, 2.75) is 84.3 Å². The summed E-state index contributed by atoms with van der Waals surface area (Å²) >= 11 is 0. The second-order valence-electron chi connectivity index (χ2n) is 12.0. The zero-order valence-electron chi connectivity index (χ0n) is 24.3. The maximum absolute atomic E-state index is 13.6. The summed E-state index contributed by atoms with van der Waals surface area (Å²) in [6.07, 6.45) is 7.58. The molecule has 2 aliphatic heterocycles. The molecular formula is C33H48FN3O2. The summed E-state index contributed by atoms with van der Waals surface area (Å²) in [5, 5.41) is 0. The lowest BCUT2D eigenvalue weighted by molar-refractivity contribution is -0.134. The highest BCUT2D eigenvalue weighted by Gasteiger charge is 2.28. The Kier molecular flexibility index (Phi) is 11.2. The van der Waals surface area contributed by atoms with Gasteiger partial charge in [-0.25, -0.2) is 4.39 Å². The van der Waals surface area contributed by atoms with Gasteiger partial charge in [0.1, 0.15) is 11.6 Å². The van der Waals surface area contributed by atoms with E-state index in [1.807, 2.05) is 29.2 Å². The fourth-order valence-electron chi connectivity index (χ4n) is 5.89. The molecule has 6 heteroatoms. The van der Waals surface area contributed by atoms with Gasteiger partial charge in [0, 0.05) is 31.7 Å². The van der Waals surface area contributed by atoms with Crippen molar-refractivity contribution < 1.29 is 13.9 Å². The molecule has 2 fully saturated rings. The van der Waals surface area contributed by atoms with Gasteiger partial charge in [0.2, 0.25) is 5.91 Å². The van der Waals surface area contributed by atoms with Gasteiger partial charge in [-0.3, -0.25) is 4.79 Å². The highest BCUT2D eigenvalue weighted by atomic mass is 19.1. The molecule has 0 aliphatic carbocycles. The lowest BCUT2D eigenvalue weighted by atomic mass is 10.00. The lowest BCUT2D eigenvalue weighted by Crippen LogP contribution is -2.48. The number of carbonyl (C=O) groups is 1. The Morgan fingerprint density at radius 2 is 1.64 bits per heavy atom. The quantitative estimate of drug-likeness (QED) is 0.325. The first-order chi connectivity index (χ1) is 18.9. The number of benzene rings is 2. The highest BCUT2D eigenvalue weighted by Crippen LogP contribution is 2.23. The molecule has 0 radical (unpaired) electrons. The number of likely N-dealkylation sites (tertiary alicyclic amines) is 2. The first-order valence-electron chi connectivity index (χ1n) is 15.1. The highest BCUT2D eigenvalue weighted by molar-refractivity contribution is 5.79. The fourth-order valence-corrected chi connectivity index (χ4v) is 5.89. The van der Waals surface area contributed by atoms with Crippen LogP contribution in [0.15, 0.2) is 48.5 Å². The van der Waals surface area contributed by atoms with Crippen molar-refractivity contribution in [3.8, 4) is 5.75 Å². The number of halogens is 1. The number of nitrogens with zero attached hydrogens (tertiary/aromatic N) is 3. The number of hydrogen-bond acceptors (Lipinski definition) is 4.